The number of carbonyl (C=O) groups is 1. The van der Waals surface area contributed by atoms with E-state index < -0.39 is 5.97 Å². The summed E-state index contributed by atoms with van der Waals surface area (Å²) in [5, 5.41) is 0. The topological polar surface area (TPSA) is 43.4 Å². The summed E-state index contributed by atoms with van der Waals surface area (Å²) in [5.41, 5.74) is 0.932. The number of hydrogen-bond acceptors (Lipinski definition) is 3. The molecule has 0 aromatic heterocycles. The number of carbonyl (C=O) groups excluding carboxylic acids is 2. The van der Waals surface area contributed by atoms with Gasteiger partial charge in [-0.2, -0.15) is 0 Å². The molecule has 1 aromatic rings. The lowest BCUT2D eigenvalue weighted by atomic mass is 9.94. The lowest BCUT2D eigenvalue weighted by molar-refractivity contribution is -0.138. The third-order valence-corrected chi connectivity index (χ3v) is 2.34. The first kappa shape index (κ1) is 12.2. The van der Waals surface area contributed by atoms with Crippen LogP contribution in [-0.2, 0) is 14.3 Å². The van der Waals surface area contributed by atoms with Gasteiger partial charge >= 0.3 is 5.97 Å². The van der Waals surface area contributed by atoms with E-state index in [0.29, 0.717) is 0 Å². The molecule has 0 fully saturated rings. The SMILES string of the molecule is CCOC(=O)C(=C=O)C(C)c1ccccc1. The van der Waals surface area contributed by atoms with E-state index >= 15 is 0 Å². The second-order valence-corrected chi connectivity index (χ2v) is 3.37. The maximum atomic E-state index is 11.5. The molecule has 0 saturated heterocycles. The van der Waals surface area contributed by atoms with E-state index in [9.17, 15) is 9.59 Å². The molecule has 1 aromatic carbocycles. The molecule has 0 amide bonds. The minimum Gasteiger partial charge on any atom is -0.462 e. The maximum Gasteiger partial charge on any atom is 0.345 e. The number of esters is 1. The van der Waals surface area contributed by atoms with Gasteiger partial charge in [0, 0.05) is 5.92 Å². The second-order valence-electron chi connectivity index (χ2n) is 3.37. The Morgan fingerprint density at radius 2 is 2.00 bits per heavy atom. The zero-order chi connectivity index (χ0) is 12.0. The first-order chi connectivity index (χ1) is 7.70. The fourth-order valence-corrected chi connectivity index (χ4v) is 1.42. The van der Waals surface area contributed by atoms with Crippen molar-refractivity contribution in [3.8, 4) is 0 Å². The molecule has 1 unspecified atom stereocenters. The van der Waals surface area contributed by atoms with E-state index in [1.807, 2.05) is 30.3 Å². The Morgan fingerprint density at radius 1 is 1.38 bits per heavy atom. The molecule has 0 aliphatic carbocycles. The number of hydrogen-bond donors (Lipinski definition) is 0. The Balaban J connectivity index is 2.91. The fraction of sp³-hybridized carbons (Fsp3) is 0.308. The summed E-state index contributed by atoms with van der Waals surface area (Å²) in [6.45, 7) is 3.74. The standard InChI is InChI=1S/C13H14O3/c1-3-16-13(15)12(9-14)10(2)11-7-5-4-6-8-11/h4-8,10H,3H2,1-2H3. The minimum absolute atomic E-state index is 0.0352. The molecule has 0 aliphatic heterocycles. The molecular formula is C13H14O3. The smallest absolute Gasteiger partial charge is 0.345 e. The van der Waals surface area contributed by atoms with Gasteiger partial charge in [0.2, 0.25) is 0 Å². The van der Waals surface area contributed by atoms with Crippen molar-refractivity contribution >= 4 is 11.9 Å². The van der Waals surface area contributed by atoms with Crippen LogP contribution in [0.3, 0.4) is 0 Å². The summed E-state index contributed by atoms with van der Waals surface area (Å²) in [5.74, 6) is 0.794. The van der Waals surface area contributed by atoms with E-state index in [1.165, 1.54) is 0 Å². The van der Waals surface area contributed by atoms with Gasteiger partial charge in [-0.1, -0.05) is 37.3 Å². The van der Waals surface area contributed by atoms with E-state index in [0.717, 1.165) is 5.56 Å². The van der Waals surface area contributed by atoms with Crippen LogP contribution in [0.4, 0.5) is 0 Å². The molecule has 0 bridgehead atoms. The second kappa shape index (κ2) is 5.89. The molecular weight excluding hydrogens is 204 g/mol. The van der Waals surface area contributed by atoms with Crippen molar-refractivity contribution in [2.24, 2.45) is 0 Å². The number of rotatable bonds is 4. The minimum atomic E-state index is -0.589. The molecule has 16 heavy (non-hydrogen) atoms. The van der Waals surface area contributed by atoms with Crippen molar-refractivity contribution in [2.75, 3.05) is 6.61 Å². The summed E-state index contributed by atoms with van der Waals surface area (Å²) in [4.78, 5) is 22.2. The molecule has 0 aliphatic rings. The number of ether oxygens (including phenoxy) is 1. The lowest BCUT2D eigenvalue weighted by Crippen LogP contribution is -2.13. The highest BCUT2D eigenvalue weighted by molar-refractivity contribution is 5.98. The summed E-state index contributed by atoms with van der Waals surface area (Å²) >= 11 is 0. The molecule has 3 heteroatoms. The Kier molecular flexibility index (Phi) is 4.49. The quantitative estimate of drug-likeness (QED) is 0.441. The molecule has 1 rings (SSSR count). The Morgan fingerprint density at radius 3 is 2.50 bits per heavy atom. The van der Waals surface area contributed by atoms with E-state index in [-0.39, 0.29) is 18.1 Å². The van der Waals surface area contributed by atoms with Crippen LogP contribution in [0, 0.1) is 0 Å². The lowest BCUT2D eigenvalue weighted by Gasteiger charge is -2.11. The van der Waals surface area contributed by atoms with Gasteiger partial charge in [0.25, 0.3) is 0 Å². The predicted octanol–water partition coefficient (Wildman–Crippen LogP) is 2.11. The van der Waals surface area contributed by atoms with Crippen LogP contribution in [0.5, 0.6) is 0 Å². The van der Waals surface area contributed by atoms with Gasteiger partial charge in [-0.15, -0.1) is 0 Å². The summed E-state index contributed by atoms with van der Waals surface area (Å²) < 4.78 is 4.80. The molecule has 0 saturated carbocycles. The largest absolute Gasteiger partial charge is 0.462 e. The van der Waals surface area contributed by atoms with Crippen LogP contribution >= 0.6 is 0 Å². The highest BCUT2D eigenvalue weighted by atomic mass is 16.5. The summed E-state index contributed by atoms with van der Waals surface area (Å²) in [7, 11) is 0. The summed E-state index contributed by atoms with van der Waals surface area (Å²) in [6.07, 6.45) is 0. The fourth-order valence-electron chi connectivity index (χ4n) is 1.42. The van der Waals surface area contributed by atoms with Crippen LogP contribution < -0.4 is 0 Å². The van der Waals surface area contributed by atoms with Gasteiger partial charge in [-0.05, 0) is 12.5 Å². The van der Waals surface area contributed by atoms with Gasteiger partial charge in [-0.3, -0.25) is 0 Å². The predicted molar refractivity (Wildman–Crippen MR) is 60.7 cm³/mol. The zero-order valence-electron chi connectivity index (χ0n) is 9.40. The van der Waals surface area contributed by atoms with Gasteiger partial charge in [0.1, 0.15) is 11.5 Å². The highest BCUT2D eigenvalue weighted by Crippen LogP contribution is 2.22. The molecule has 0 N–H and O–H groups in total. The molecule has 3 nitrogen and oxygen atoms in total. The molecule has 1 atom stereocenters. The normalized spacial score (nSPS) is 11.4. The van der Waals surface area contributed by atoms with Crippen LogP contribution in [-0.4, -0.2) is 18.5 Å². The first-order valence-corrected chi connectivity index (χ1v) is 5.17. The van der Waals surface area contributed by atoms with Gasteiger partial charge in [0.05, 0.1) is 6.61 Å². The average molecular weight is 218 g/mol. The maximum absolute atomic E-state index is 11.5. The van der Waals surface area contributed by atoms with Crippen LogP contribution in [0.1, 0.15) is 25.3 Å². The zero-order valence-corrected chi connectivity index (χ0v) is 9.40. The monoisotopic (exact) mass is 218 g/mol. The van der Waals surface area contributed by atoms with Gasteiger partial charge in [-0.25, -0.2) is 9.59 Å². The Bertz CT molecular complexity index is 402. The van der Waals surface area contributed by atoms with E-state index in [4.69, 9.17) is 4.74 Å². The third-order valence-electron chi connectivity index (χ3n) is 2.34. The first-order valence-electron chi connectivity index (χ1n) is 5.17. The van der Waals surface area contributed by atoms with Crippen molar-refractivity contribution in [3.63, 3.8) is 0 Å². The Hall–Kier alpha value is -1.86. The molecule has 0 radical (unpaired) electrons. The molecule has 0 heterocycles. The van der Waals surface area contributed by atoms with Gasteiger partial charge < -0.3 is 4.74 Å². The van der Waals surface area contributed by atoms with E-state index in [2.05, 4.69) is 0 Å². The van der Waals surface area contributed by atoms with Crippen molar-refractivity contribution in [2.45, 2.75) is 19.8 Å². The third kappa shape index (κ3) is 2.81. The Labute approximate surface area is 94.7 Å². The van der Waals surface area contributed by atoms with E-state index in [1.54, 1.807) is 19.8 Å². The summed E-state index contributed by atoms with van der Waals surface area (Å²) in [6, 6.07) is 9.33. The number of benzene rings is 1. The average Bonchev–Trinajstić information content (AvgIpc) is 2.31. The van der Waals surface area contributed by atoms with Crippen molar-refractivity contribution in [1.82, 2.24) is 0 Å². The van der Waals surface area contributed by atoms with Crippen LogP contribution in [0.25, 0.3) is 0 Å². The van der Waals surface area contributed by atoms with Crippen molar-refractivity contribution in [3.05, 3.63) is 41.5 Å². The highest BCUT2D eigenvalue weighted by Gasteiger charge is 2.20. The van der Waals surface area contributed by atoms with Gasteiger partial charge in [0.15, 0.2) is 0 Å². The van der Waals surface area contributed by atoms with Crippen molar-refractivity contribution < 1.29 is 14.3 Å². The molecule has 84 valence electrons. The van der Waals surface area contributed by atoms with Crippen LogP contribution in [0.2, 0.25) is 0 Å². The molecule has 0 spiro atoms. The van der Waals surface area contributed by atoms with Crippen molar-refractivity contribution in [1.29, 1.82) is 0 Å². The van der Waals surface area contributed by atoms with Crippen LogP contribution in [0.15, 0.2) is 35.9 Å².